The van der Waals surface area contributed by atoms with Gasteiger partial charge >= 0.3 is 0 Å². The quantitative estimate of drug-likeness (QED) is 0.252. The third-order valence-corrected chi connectivity index (χ3v) is 2.68. The molecular formula is C15H27NO2. The minimum atomic E-state index is 0.00172. The molecule has 0 radical (unpaired) electrons. The molecule has 18 heavy (non-hydrogen) atoms. The second-order valence-electron chi connectivity index (χ2n) is 4.28. The van der Waals surface area contributed by atoms with E-state index in [2.05, 4.69) is 24.4 Å². The van der Waals surface area contributed by atoms with E-state index in [9.17, 15) is 10.2 Å². The molecule has 0 aromatic carbocycles. The fourth-order valence-corrected chi connectivity index (χ4v) is 1.58. The Labute approximate surface area is 111 Å². The van der Waals surface area contributed by atoms with Gasteiger partial charge in [0.15, 0.2) is 5.76 Å². The van der Waals surface area contributed by atoms with Crippen LogP contribution in [-0.4, -0.2) is 23.8 Å². The van der Waals surface area contributed by atoms with E-state index in [1.54, 1.807) is 6.08 Å². The Hall–Kier alpha value is -1.22. The zero-order chi connectivity index (χ0) is 13.8. The molecule has 0 heterocycles. The molecule has 0 aliphatic heterocycles. The molecule has 104 valence electrons. The van der Waals surface area contributed by atoms with E-state index >= 15 is 0 Å². The van der Waals surface area contributed by atoms with Crippen LogP contribution in [0, 0.1) is 0 Å². The van der Waals surface area contributed by atoms with Crippen molar-refractivity contribution in [1.29, 1.82) is 0 Å². The van der Waals surface area contributed by atoms with Crippen LogP contribution in [0.2, 0.25) is 0 Å². The van der Waals surface area contributed by atoms with Gasteiger partial charge in [-0.1, -0.05) is 31.6 Å². The molecule has 0 aromatic heterocycles. The lowest BCUT2D eigenvalue weighted by molar-refractivity contribution is 0.326. The summed E-state index contributed by atoms with van der Waals surface area (Å²) in [5.74, 6) is 0.0578. The van der Waals surface area contributed by atoms with Crippen LogP contribution in [0.15, 0.2) is 35.3 Å². The zero-order valence-corrected chi connectivity index (χ0v) is 11.9. The molecule has 0 bridgehead atoms. The van der Waals surface area contributed by atoms with Gasteiger partial charge in [0.1, 0.15) is 5.76 Å². The molecule has 0 unspecified atom stereocenters. The Morgan fingerprint density at radius 1 is 1.17 bits per heavy atom. The third-order valence-electron chi connectivity index (χ3n) is 2.68. The van der Waals surface area contributed by atoms with Crippen molar-refractivity contribution in [2.45, 2.75) is 46.0 Å². The SMILES string of the molecule is CC/C=C/C/C(=C\C(O)=C(\O)CC)CCCNC. The van der Waals surface area contributed by atoms with Gasteiger partial charge < -0.3 is 15.5 Å². The Balaban J connectivity index is 4.62. The molecule has 0 amide bonds. The van der Waals surface area contributed by atoms with Crippen molar-refractivity contribution in [1.82, 2.24) is 5.32 Å². The second-order valence-corrected chi connectivity index (χ2v) is 4.28. The van der Waals surface area contributed by atoms with Gasteiger partial charge in [-0.3, -0.25) is 0 Å². The Kier molecular flexibility index (Phi) is 10.2. The summed E-state index contributed by atoms with van der Waals surface area (Å²) >= 11 is 0. The maximum Gasteiger partial charge on any atom is 0.152 e. The first kappa shape index (κ1) is 16.8. The topological polar surface area (TPSA) is 52.5 Å². The summed E-state index contributed by atoms with van der Waals surface area (Å²) in [4.78, 5) is 0. The summed E-state index contributed by atoms with van der Waals surface area (Å²) in [6, 6.07) is 0. The van der Waals surface area contributed by atoms with Crippen molar-refractivity contribution >= 4 is 0 Å². The first-order valence-electron chi connectivity index (χ1n) is 6.75. The lowest BCUT2D eigenvalue weighted by Gasteiger charge is -2.06. The molecule has 0 saturated carbocycles. The van der Waals surface area contributed by atoms with Crippen LogP contribution in [0.1, 0.15) is 46.0 Å². The van der Waals surface area contributed by atoms with E-state index in [4.69, 9.17) is 0 Å². The Bertz CT molecular complexity index is 304. The van der Waals surface area contributed by atoms with Gasteiger partial charge in [0.25, 0.3) is 0 Å². The molecule has 0 fully saturated rings. The number of aliphatic hydroxyl groups is 2. The number of rotatable bonds is 9. The van der Waals surface area contributed by atoms with Gasteiger partial charge in [-0.15, -0.1) is 0 Å². The van der Waals surface area contributed by atoms with Gasteiger partial charge in [-0.25, -0.2) is 0 Å². The van der Waals surface area contributed by atoms with Crippen molar-refractivity contribution in [2.24, 2.45) is 0 Å². The molecule has 0 saturated heterocycles. The highest BCUT2D eigenvalue weighted by Crippen LogP contribution is 2.15. The van der Waals surface area contributed by atoms with E-state index in [0.717, 1.165) is 37.8 Å². The predicted molar refractivity (Wildman–Crippen MR) is 77.9 cm³/mol. The highest BCUT2D eigenvalue weighted by atomic mass is 16.3. The minimum absolute atomic E-state index is 0.00172. The number of hydrogen-bond acceptors (Lipinski definition) is 3. The number of aliphatic hydroxyl groups excluding tert-OH is 2. The number of nitrogens with one attached hydrogen (secondary N) is 1. The van der Waals surface area contributed by atoms with Crippen molar-refractivity contribution < 1.29 is 10.2 Å². The molecule has 0 aliphatic carbocycles. The van der Waals surface area contributed by atoms with Crippen molar-refractivity contribution in [3.05, 3.63) is 35.3 Å². The van der Waals surface area contributed by atoms with Gasteiger partial charge in [-0.05, 0) is 45.4 Å². The number of allylic oxidation sites excluding steroid dienone is 5. The van der Waals surface area contributed by atoms with Crippen LogP contribution in [0.25, 0.3) is 0 Å². The van der Waals surface area contributed by atoms with E-state index < -0.39 is 0 Å². The summed E-state index contributed by atoms with van der Waals surface area (Å²) < 4.78 is 0. The molecule has 3 N–H and O–H groups in total. The summed E-state index contributed by atoms with van der Waals surface area (Å²) in [5.41, 5.74) is 1.15. The maximum absolute atomic E-state index is 9.71. The largest absolute Gasteiger partial charge is 0.508 e. The van der Waals surface area contributed by atoms with Crippen LogP contribution in [0.5, 0.6) is 0 Å². The lowest BCUT2D eigenvalue weighted by atomic mass is 10.0. The second kappa shape index (κ2) is 10.9. The molecule has 3 nitrogen and oxygen atoms in total. The van der Waals surface area contributed by atoms with Gasteiger partial charge in [-0.2, -0.15) is 0 Å². The van der Waals surface area contributed by atoms with Gasteiger partial charge in [0.2, 0.25) is 0 Å². The summed E-state index contributed by atoms with van der Waals surface area (Å²) in [5, 5.41) is 22.3. The summed E-state index contributed by atoms with van der Waals surface area (Å²) in [6.45, 7) is 4.87. The molecule has 0 aromatic rings. The van der Waals surface area contributed by atoms with E-state index in [1.165, 1.54) is 0 Å². The molecule has 0 spiro atoms. The molecule has 0 atom stereocenters. The van der Waals surface area contributed by atoms with Crippen LogP contribution < -0.4 is 5.32 Å². The first-order valence-corrected chi connectivity index (χ1v) is 6.75. The predicted octanol–water partition coefficient (Wildman–Crippen LogP) is 4.01. The van der Waals surface area contributed by atoms with Crippen molar-refractivity contribution in [3.8, 4) is 0 Å². The Morgan fingerprint density at radius 2 is 1.89 bits per heavy atom. The monoisotopic (exact) mass is 253 g/mol. The van der Waals surface area contributed by atoms with Crippen LogP contribution in [-0.2, 0) is 0 Å². The molecule has 0 rings (SSSR count). The fourth-order valence-electron chi connectivity index (χ4n) is 1.58. The third kappa shape index (κ3) is 7.96. The van der Waals surface area contributed by atoms with E-state index in [0.29, 0.717) is 6.42 Å². The lowest BCUT2D eigenvalue weighted by Crippen LogP contribution is -2.07. The van der Waals surface area contributed by atoms with Crippen molar-refractivity contribution in [3.63, 3.8) is 0 Å². The zero-order valence-electron chi connectivity index (χ0n) is 11.9. The van der Waals surface area contributed by atoms with E-state index in [1.807, 2.05) is 14.0 Å². The fraction of sp³-hybridized carbons (Fsp3) is 0.600. The van der Waals surface area contributed by atoms with E-state index in [-0.39, 0.29) is 11.5 Å². The first-order chi connectivity index (χ1) is 8.65. The number of hydrogen-bond donors (Lipinski definition) is 3. The summed E-state index contributed by atoms with van der Waals surface area (Å²) in [7, 11) is 1.93. The highest BCUT2D eigenvalue weighted by molar-refractivity contribution is 5.21. The molecule has 0 aliphatic rings. The molecule has 3 heteroatoms. The average molecular weight is 253 g/mol. The van der Waals surface area contributed by atoms with Crippen LogP contribution >= 0.6 is 0 Å². The maximum atomic E-state index is 9.71. The van der Waals surface area contributed by atoms with Crippen molar-refractivity contribution in [2.75, 3.05) is 13.6 Å². The van der Waals surface area contributed by atoms with Crippen LogP contribution in [0.4, 0.5) is 0 Å². The van der Waals surface area contributed by atoms with Gasteiger partial charge in [0.05, 0.1) is 0 Å². The van der Waals surface area contributed by atoms with Crippen LogP contribution in [0.3, 0.4) is 0 Å². The minimum Gasteiger partial charge on any atom is -0.508 e. The normalized spacial score (nSPS) is 14.1. The highest BCUT2D eigenvalue weighted by Gasteiger charge is 2.01. The average Bonchev–Trinajstić information content (AvgIpc) is 2.37. The molecular weight excluding hydrogens is 226 g/mol. The standard InChI is InChI=1S/C15H27NO2/c1-4-6-7-9-13(10-8-11-16-3)12-15(18)14(17)5-2/h6-7,12,16-18H,4-5,8-11H2,1-3H3/b7-6+,13-12+,15-14-. The Morgan fingerprint density at radius 3 is 2.44 bits per heavy atom. The van der Waals surface area contributed by atoms with Gasteiger partial charge in [0, 0.05) is 6.42 Å². The summed E-state index contributed by atoms with van der Waals surface area (Å²) in [6.07, 6.45) is 10.2. The smallest absolute Gasteiger partial charge is 0.152 e.